The Morgan fingerprint density at radius 2 is 0.861 bits per heavy atom. The minimum Gasteiger partial charge on any atom is -0.394 e. The molecule has 1 fully saturated rings. The van der Waals surface area contributed by atoms with Crippen LogP contribution in [0.4, 0.5) is 0 Å². The Morgan fingerprint density at radius 1 is 0.486 bits per heavy atom. The second-order valence-corrected chi connectivity index (χ2v) is 21.1. The average molecular weight is 1010 g/mol. The fraction of sp³-hybridized carbons (Fsp3) is 0.825. The van der Waals surface area contributed by atoms with Crippen LogP contribution < -0.4 is 5.32 Å². The molecule has 0 aromatic carbocycles. The summed E-state index contributed by atoms with van der Waals surface area (Å²) in [5.74, 6) is -0.142. The summed E-state index contributed by atoms with van der Waals surface area (Å²) < 4.78 is 11.3. The maximum atomic E-state index is 13.1. The van der Waals surface area contributed by atoms with E-state index in [0.29, 0.717) is 12.8 Å². The molecule has 0 radical (unpaired) electrons. The van der Waals surface area contributed by atoms with E-state index < -0.39 is 49.5 Å². The third kappa shape index (κ3) is 41.2. The fourth-order valence-electron chi connectivity index (χ4n) is 9.60. The van der Waals surface area contributed by atoms with Crippen LogP contribution in [-0.4, -0.2) is 87.5 Å². The van der Waals surface area contributed by atoms with E-state index in [1.807, 2.05) is 0 Å². The van der Waals surface area contributed by atoms with E-state index in [-0.39, 0.29) is 12.5 Å². The third-order valence-electron chi connectivity index (χ3n) is 14.4. The topological polar surface area (TPSA) is 149 Å². The zero-order chi connectivity index (χ0) is 52.2. The van der Waals surface area contributed by atoms with E-state index in [1.165, 1.54) is 180 Å². The molecule has 72 heavy (non-hydrogen) atoms. The molecular weight excluding hydrogens is 899 g/mol. The number of rotatable bonds is 52. The molecule has 7 atom stereocenters. The van der Waals surface area contributed by atoms with Gasteiger partial charge >= 0.3 is 0 Å². The first-order valence-corrected chi connectivity index (χ1v) is 30.5. The number of carbonyl (C=O) groups excluding carboxylic acids is 1. The average Bonchev–Trinajstić information content (AvgIpc) is 3.38. The summed E-state index contributed by atoms with van der Waals surface area (Å²) in [5.41, 5.74) is 0. The van der Waals surface area contributed by atoms with Crippen LogP contribution in [-0.2, 0) is 14.3 Å². The Kier molecular flexibility index (Phi) is 49.4. The lowest BCUT2D eigenvalue weighted by Gasteiger charge is -2.40. The molecular formula is C63H115NO8. The summed E-state index contributed by atoms with van der Waals surface area (Å²) in [6, 6.07) is -0.718. The molecule has 1 amide bonds. The normalized spacial score (nSPS) is 19.6. The minimum atomic E-state index is -1.55. The standard InChI is InChI=1S/C63H115NO8/c1-3-5-7-9-11-13-15-17-19-20-21-22-23-24-25-26-27-28-29-30-31-32-33-34-35-36-37-38-39-41-43-45-47-49-51-53-59(67)64-56(55-71-63-62(70)61(69)60(68)58(54-65)72-63)57(66)52-50-48-46-44-42-40-18-16-14-12-10-8-6-4-2/h5,7,11,13,17,19,21-22,24-25,56-58,60-63,65-66,68-70H,3-4,6,8-10,12,14-16,18,20,23,26-55H2,1-2H3,(H,64,67)/b7-5-,13-11-,19-17-,22-21-,25-24-. The number of nitrogens with one attached hydrogen (secondary N) is 1. The summed E-state index contributed by atoms with van der Waals surface area (Å²) in [6.07, 6.45) is 64.1. The number of amides is 1. The molecule has 1 aliphatic rings. The Bertz CT molecular complexity index is 1310. The monoisotopic (exact) mass is 1010 g/mol. The molecule has 0 aromatic rings. The highest BCUT2D eigenvalue weighted by atomic mass is 16.7. The van der Waals surface area contributed by atoms with Crippen molar-refractivity contribution in [1.29, 1.82) is 0 Å². The lowest BCUT2D eigenvalue weighted by atomic mass is 9.99. The molecule has 1 saturated heterocycles. The number of aliphatic hydroxyl groups is 5. The smallest absolute Gasteiger partial charge is 0.220 e. The third-order valence-corrected chi connectivity index (χ3v) is 14.4. The van der Waals surface area contributed by atoms with Gasteiger partial charge in [-0.05, 0) is 57.8 Å². The van der Waals surface area contributed by atoms with Crippen molar-refractivity contribution in [3.05, 3.63) is 60.8 Å². The van der Waals surface area contributed by atoms with Crippen LogP contribution in [0.2, 0.25) is 0 Å². The predicted octanol–water partition coefficient (Wildman–Crippen LogP) is 15.5. The van der Waals surface area contributed by atoms with E-state index >= 15 is 0 Å². The second-order valence-electron chi connectivity index (χ2n) is 21.1. The molecule has 1 heterocycles. The van der Waals surface area contributed by atoms with Gasteiger partial charge < -0.3 is 40.3 Å². The van der Waals surface area contributed by atoms with Gasteiger partial charge in [0.25, 0.3) is 0 Å². The first kappa shape index (κ1) is 67.9. The highest BCUT2D eigenvalue weighted by Gasteiger charge is 2.44. The maximum absolute atomic E-state index is 13.1. The molecule has 6 N–H and O–H groups in total. The molecule has 0 aliphatic carbocycles. The van der Waals surface area contributed by atoms with Crippen LogP contribution in [0.25, 0.3) is 0 Å². The van der Waals surface area contributed by atoms with Crippen molar-refractivity contribution >= 4 is 5.91 Å². The zero-order valence-corrected chi connectivity index (χ0v) is 46.7. The van der Waals surface area contributed by atoms with Gasteiger partial charge in [0.2, 0.25) is 5.91 Å². The van der Waals surface area contributed by atoms with E-state index in [9.17, 15) is 30.3 Å². The van der Waals surface area contributed by atoms with Crippen LogP contribution in [0.1, 0.15) is 277 Å². The molecule has 0 bridgehead atoms. The first-order chi connectivity index (χ1) is 35.3. The molecule has 7 unspecified atom stereocenters. The molecule has 420 valence electrons. The number of unbranched alkanes of at least 4 members (excludes halogenated alkanes) is 32. The Balaban J connectivity index is 2.09. The lowest BCUT2D eigenvalue weighted by Crippen LogP contribution is -2.60. The van der Waals surface area contributed by atoms with Gasteiger partial charge in [-0.3, -0.25) is 4.79 Å². The fourth-order valence-corrected chi connectivity index (χ4v) is 9.60. The Morgan fingerprint density at radius 3 is 1.28 bits per heavy atom. The summed E-state index contributed by atoms with van der Waals surface area (Å²) in [5, 5.41) is 54.6. The highest BCUT2D eigenvalue weighted by Crippen LogP contribution is 2.23. The number of allylic oxidation sites excluding steroid dienone is 10. The molecule has 1 rings (SSSR count). The van der Waals surface area contributed by atoms with E-state index in [2.05, 4.69) is 79.9 Å². The van der Waals surface area contributed by atoms with Crippen molar-refractivity contribution in [3.63, 3.8) is 0 Å². The van der Waals surface area contributed by atoms with Gasteiger partial charge in [-0.2, -0.15) is 0 Å². The summed E-state index contributed by atoms with van der Waals surface area (Å²) in [7, 11) is 0. The highest BCUT2D eigenvalue weighted by molar-refractivity contribution is 5.76. The van der Waals surface area contributed by atoms with Crippen LogP contribution in [0.15, 0.2) is 60.8 Å². The van der Waals surface area contributed by atoms with Crippen molar-refractivity contribution in [2.45, 2.75) is 320 Å². The number of hydrogen-bond donors (Lipinski definition) is 6. The number of hydrogen-bond acceptors (Lipinski definition) is 8. The van der Waals surface area contributed by atoms with Crippen molar-refractivity contribution in [2.24, 2.45) is 0 Å². The van der Waals surface area contributed by atoms with Gasteiger partial charge in [-0.25, -0.2) is 0 Å². The molecule has 9 nitrogen and oxygen atoms in total. The first-order valence-electron chi connectivity index (χ1n) is 30.5. The van der Waals surface area contributed by atoms with E-state index in [0.717, 1.165) is 70.6 Å². The molecule has 0 aromatic heterocycles. The quantitative estimate of drug-likeness (QED) is 0.0261. The van der Waals surface area contributed by atoms with Gasteiger partial charge in [-0.15, -0.1) is 0 Å². The van der Waals surface area contributed by atoms with E-state index in [1.54, 1.807) is 0 Å². The summed E-state index contributed by atoms with van der Waals surface area (Å²) in [6.45, 7) is 3.74. The molecule has 0 spiro atoms. The maximum Gasteiger partial charge on any atom is 0.220 e. The number of carbonyl (C=O) groups is 1. The van der Waals surface area contributed by atoms with Gasteiger partial charge in [0, 0.05) is 6.42 Å². The summed E-state index contributed by atoms with van der Waals surface area (Å²) >= 11 is 0. The summed E-state index contributed by atoms with van der Waals surface area (Å²) in [4.78, 5) is 13.1. The van der Waals surface area contributed by atoms with Crippen molar-refractivity contribution in [2.75, 3.05) is 13.2 Å². The van der Waals surface area contributed by atoms with Crippen molar-refractivity contribution in [1.82, 2.24) is 5.32 Å². The minimum absolute atomic E-state index is 0.136. The molecule has 9 heteroatoms. The largest absolute Gasteiger partial charge is 0.394 e. The predicted molar refractivity (Wildman–Crippen MR) is 304 cm³/mol. The van der Waals surface area contributed by atoms with Gasteiger partial charge in [0.15, 0.2) is 6.29 Å². The lowest BCUT2D eigenvalue weighted by molar-refractivity contribution is -0.302. The SMILES string of the molecule is CC/C=C\C/C=C\C/C=C\C/C=C\C/C=C\CCCCCCCCCCCCCCCCCCCCCC(=O)NC(COC1OC(CO)C(O)C(O)C1O)C(O)CCCCCCCCCCCCCCCC. The van der Waals surface area contributed by atoms with Crippen LogP contribution in [0.3, 0.4) is 0 Å². The van der Waals surface area contributed by atoms with Crippen molar-refractivity contribution in [3.8, 4) is 0 Å². The van der Waals surface area contributed by atoms with Crippen LogP contribution in [0, 0.1) is 0 Å². The molecule has 0 saturated carbocycles. The van der Waals surface area contributed by atoms with Crippen molar-refractivity contribution < 1.29 is 39.8 Å². The van der Waals surface area contributed by atoms with Crippen LogP contribution >= 0.6 is 0 Å². The zero-order valence-electron chi connectivity index (χ0n) is 46.7. The van der Waals surface area contributed by atoms with Gasteiger partial charge in [-0.1, -0.05) is 274 Å². The van der Waals surface area contributed by atoms with Crippen LogP contribution in [0.5, 0.6) is 0 Å². The van der Waals surface area contributed by atoms with E-state index in [4.69, 9.17) is 9.47 Å². The van der Waals surface area contributed by atoms with Gasteiger partial charge in [0.1, 0.15) is 24.4 Å². The van der Waals surface area contributed by atoms with Gasteiger partial charge in [0.05, 0.1) is 25.4 Å². The Hall–Kier alpha value is -2.11. The number of aliphatic hydroxyl groups excluding tert-OH is 5. The second kappa shape index (κ2) is 52.3. The molecule has 1 aliphatic heterocycles. The number of ether oxygens (including phenoxy) is 2. The Labute approximate surface area is 443 Å².